The zero-order chi connectivity index (χ0) is 14.9. The van der Waals surface area contributed by atoms with Crippen LogP contribution in [0.15, 0.2) is 47.4 Å². The van der Waals surface area contributed by atoms with Crippen molar-refractivity contribution in [3.63, 3.8) is 0 Å². The maximum absolute atomic E-state index is 12.4. The Labute approximate surface area is 124 Å². The lowest BCUT2D eigenvalue weighted by atomic mass is 10.0. The Kier molecular flexibility index (Phi) is 3.59. The molecule has 21 heavy (non-hydrogen) atoms. The van der Waals surface area contributed by atoms with Gasteiger partial charge in [0.05, 0.1) is 5.56 Å². The molecule has 2 aromatic carbocycles. The van der Waals surface area contributed by atoms with Crippen molar-refractivity contribution in [2.75, 3.05) is 11.9 Å². The lowest BCUT2D eigenvalue weighted by Gasteiger charge is -2.18. The van der Waals surface area contributed by atoms with Crippen LogP contribution in [0.25, 0.3) is 0 Å². The molecule has 1 aliphatic heterocycles. The minimum Gasteiger partial charge on any atom is -0.470 e. The Bertz CT molecular complexity index is 752. The molecule has 110 valence electrons. The summed E-state index contributed by atoms with van der Waals surface area (Å²) in [5, 5.41) is 3.28. The van der Waals surface area contributed by atoms with Gasteiger partial charge in [-0.2, -0.15) is 0 Å². The molecule has 1 heterocycles. The summed E-state index contributed by atoms with van der Waals surface area (Å²) in [6.45, 7) is 2.84. The number of fused-ring (bicyclic) bond motifs is 1. The SMILES string of the molecule is Cc1ccc(S(=O)(=O)[OH+]c2cccc3c2CCCN3)cc1. The fourth-order valence-corrected chi connectivity index (χ4v) is 3.48. The highest BCUT2D eigenvalue weighted by Gasteiger charge is 2.25. The predicted molar refractivity (Wildman–Crippen MR) is 83.3 cm³/mol. The van der Waals surface area contributed by atoms with E-state index >= 15 is 0 Å². The van der Waals surface area contributed by atoms with Crippen molar-refractivity contribution in [1.82, 2.24) is 0 Å². The summed E-state index contributed by atoms with van der Waals surface area (Å²) in [7, 11) is -3.67. The van der Waals surface area contributed by atoms with Crippen LogP contribution in [0.5, 0.6) is 5.75 Å². The van der Waals surface area contributed by atoms with Crippen LogP contribution in [0.2, 0.25) is 0 Å². The van der Waals surface area contributed by atoms with E-state index in [0.29, 0.717) is 5.75 Å². The van der Waals surface area contributed by atoms with E-state index in [4.69, 9.17) is 0 Å². The van der Waals surface area contributed by atoms with Gasteiger partial charge in [-0.05, 0) is 38.0 Å². The van der Waals surface area contributed by atoms with Crippen molar-refractivity contribution in [3.05, 3.63) is 53.6 Å². The number of hydrogen-bond donors (Lipinski definition) is 1. The molecule has 0 aromatic heterocycles. The molecule has 0 spiro atoms. The van der Waals surface area contributed by atoms with Gasteiger partial charge in [-0.15, -0.1) is 8.42 Å². The normalized spacial score (nSPS) is 14.1. The molecule has 2 N–H and O–H groups in total. The summed E-state index contributed by atoms with van der Waals surface area (Å²) in [4.78, 5) is 0.231. The quantitative estimate of drug-likeness (QED) is 0.539. The topological polar surface area (TPSA) is 59.0 Å². The Balaban J connectivity index is 1.94. The molecule has 5 heteroatoms. The highest BCUT2D eigenvalue weighted by molar-refractivity contribution is 7.86. The van der Waals surface area contributed by atoms with E-state index in [2.05, 4.69) is 9.50 Å². The van der Waals surface area contributed by atoms with E-state index in [1.54, 1.807) is 30.3 Å². The van der Waals surface area contributed by atoms with Crippen LogP contribution in [0.1, 0.15) is 17.5 Å². The van der Waals surface area contributed by atoms with Crippen molar-refractivity contribution in [3.8, 4) is 5.75 Å². The molecule has 0 fully saturated rings. The van der Waals surface area contributed by atoms with Gasteiger partial charge in [0.2, 0.25) is 0 Å². The monoisotopic (exact) mass is 304 g/mol. The first-order chi connectivity index (χ1) is 10.1. The summed E-state index contributed by atoms with van der Waals surface area (Å²) in [5.74, 6) is 0.542. The number of anilines is 1. The van der Waals surface area contributed by atoms with Crippen LogP contribution in [-0.4, -0.2) is 19.1 Å². The maximum atomic E-state index is 12.4. The molecule has 0 radical (unpaired) electrons. The van der Waals surface area contributed by atoms with Gasteiger partial charge in [0.15, 0.2) is 4.90 Å². The molecule has 1 aliphatic rings. The van der Waals surface area contributed by atoms with Crippen molar-refractivity contribution in [2.24, 2.45) is 0 Å². The van der Waals surface area contributed by atoms with Crippen molar-refractivity contribution >= 4 is 15.8 Å². The van der Waals surface area contributed by atoms with Crippen molar-refractivity contribution in [2.45, 2.75) is 24.7 Å². The molecule has 0 aliphatic carbocycles. The molecular formula is C16H18NO3S+. The van der Waals surface area contributed by atoms with Gasteiger partial charge in [0, 0.05) is 18.3 Å². The Morgan fingerprint density at radius 1 is 1.10 bits per heavy atom. The van der Waals surface area contributed by atoms with Gasteiger partial charge in [0.25, 0.3) is 5.75 Å². The minimum atomic E-state index is -3.67. The minimum absolute atomic E-state index is 0.231. The van der Waals surface area contributed by atoms with Crippen molar-refractivity contribution < 1.29 is 12.6 Å². The number of hydrogen-bond acceptors (Lipinski definition) is 3. The molecule has 3 rings (SSSR count). The number of rotatable bonds is 3. The summed E-state index contributed by atoms with van der Waals surface area (Å²) in [5.41, 5.74) is 3.00. The third kappa shape index (κ3) is 2.88. The molecule has 0 bridgehead atoms. The van der Waals surface area contributed by atoms with E-state index in [1.165, 1.54) is 0 Å². The molecule has 4 nitrogen and oxygen atoms in total. The van der Waals surface area contributed by atoms with Crippen LogP contribution in [0.3, 0.4) is 0 Å². The zero-order valence-electron chi connectivity index (χ0n) is 11.8. The molecule has 0 saturated heterocycles. The Morgan fingerprint density at radius 2 is 1.86 bits per heavy atom. The van der Waals surface area contributed by atoms with Gasteiger partial charge in [-0.1, -0.05) is 23.8 Å². The van der Waals surface area contributed by atoms with Crippen LogP contribution in [0.4, 0.5) is 5.69 Å². The van der Waals surface area contributed by atoms with E-state index in [9.17, 15) is 8.42 Å². The van der Waals surface area contributed by atoms with Crippen LogP contribution in [-0.2, 0) is 16.5 Å². The average Bonchev–Trinajstić information content (AvgIpc) is 2.48. The largest absolute Gasteiger partial charge is 0.470 e. The smallest absolute Gasteiger partial charge is 0.448 e. The van der Waals surface area contributed by atoms with Crippen LogP contribution < -0.4 is 5.32 Å². The van der Waals surface area contributed by atoms with Gasteiger partial charge in [-0.3, -0.25) is 0 Å². The van der Waals surface area contributed by atoms with Crippen LogP contribution in [0, 0.1) is 6.92 Å². The third-order valence-electron chi connectivity index (χ3n) is 3.61. The first-order valence-corrected chi connectivity index (χ1v) is 8.41. The Hall–Kier alpha value is -2.01. The van der Waals surface area contributed by atoms with Gasteiger partial charge >= 0.3 is 10.1 Å². The summed E-state index contributed by atoms with van der Waals surface area (Å²) < 4.78 is 28.9. The number of nitrogens with one attached hydrogen (secondary N) is 1. The molecule has 0 saturated carbocycles. The second-order valence-corrected chi connectivity index (χ2v) is 6.82. The first-order valence-electron chi connectivity index (χ1n) is 6.97. The molecular weight excluding hydrogens is 286 g/mol. The predicted octanol–water partition coefficient (Wildman–Crippen LogP) is 2.98. The lowest BCUT2D eigenvalue weighted by Crippen LogP contribution is -2.14. The van der Waals surface area contributed by atoms with Crippen LogP contribution >= 0.6 is 0 Å². The van der Waals surface area contributed by atoms with Gasteiger partial charge in [-0.25, -0.2) is 0 Å². The first kappa shape index (κ1) is 13.9. The molecule has 0 atom stereocenters. The highest BCUT2D eigenvalue weighted by Crippen LogP contribution is 2.33. The second kappa shape index (κ2) is 5.41. The van der Waals surface area contributed by atoms with Gasteiger partial charge < -0.3 is 9.50 Å². The standard InChI is InChI=1S/C16H17NO3S/c1-12-7-9-13(10-8-12)21(18,19)20-16-6-2-5-15-14(16)4-3-11-17-15/h2,5-10,17H,3-4,11H2,1H3/p+1. The summed E-state index contributed by atoms with van der Waals surface area (Å²) in [6, 6.07) is 12.3. The molecule has 0 unspecified atom stereocenters. The van der Waals surface area contributed by atoms with Gasteiger partial charge in [0.1, 0.15) is 0 Å². The number of benzene rings is 2. The summed E-state index contributed by atoms with van der Waals surface area (Å²) in [6.07, 6.45) is 1.84. The maximum Gasteiger partial charge on any atom is 0.448 e. The Morgan fingerprint density at radius 3 is 2.62 bits per heavy atom. The van der Waals surface area contributed by atoms with E-state index in [0.717, 1.165) is 36.2 Å². The highest BCUT2D eigenvalue weighted by atomic mass is 32.2. The average molecular weight is 304 g/mol. The molecule has 2 aromatic rings. The number of aromatic hydroxyl groups is 1. The lowest BCUT2D eigenvalue weighted by molar-refractivity contribution is 0.279. The fraction of sp³-hybridized carbons (Fsp3) is 0.250. The zero-order valence-corrected chi connectivity index (χ0v) is 12.7. The van der Waals surface area contributed by atoms with E-state index < -0.39 is 10.1 Å². The van der Waals surface area contributed by atoms with E-state index in [1.807, 2.05) is 19.1 Å². The fourth-order valence-electron chi connectivity index (χ4n) is 2.47. The third-order valence-corrected chi connectivity index (χ3v) is 4.91. The van der Waals surface area contributed by atoms with E-state index in [-0.39, 0.29) is 4.90 Å². The number of aryl methyl sites for hydroxylation is 1. The second-order valence-electron chi connectivity index (χ2n) is 5.21. The molecule has 0 amide bonds. The van der Waals surface area contributed by atoms with Crippen molar-refractivity contribution in [1.29, 1.82) is 0 Å². The summed E-state index contributed by atoms with van der Waals surface area (Å²) >= 11 is 0.